The van der Waals surface area contributed by atoms with E-state index in [1.165, 1.54) is 22.7 Å². The van der Waals surface area contributed by atoms with E-state index in [1.807, 2.05) is 56.3 Å². The number of nitriles is 1. The minimum absolute atomic E-state index is 0.0907. The number of hydrogen-bond acceptors (Lipinski definition) is 4. The zero-order valence-corrected chi connectivity index (χ0v) is 18.9. The van der Waals surface area contributed by atoms with E-state index in [4.69, 9.17) is 11.6 Å². The lowest BCUT2D eigenvalue weighted by atomic mass is 10.1. The summed E-state index contributed by atoms with van der Waals surface area (Å²) in [4.78, 5) is 27.6. The molecular formula is C24H22ClN3O2S. The van der Waals surface area contributed by atoms with E-state index in [1.54, 1.807) is 6.07 Å². The van der Waals surface area contributed by atoms with Gasteiger partial charge in [-0.15, -0.1) is 6.58 Å². The Labute approximate surface area is 191 Å². The van der Waals surface area contributed by atoms with Crippen LogP contribution in [0.5, 0.6) is 0 Å². The van der Waals surface area contributed by atoms with Crippen LogP contribution >= 0.6 is 23.4 Å². The minimum Gasteiger partial charge on any atom is -0.348 e. The zero-order valence-electron chi connectivity index (χ0n) is 17.3. The van der Waals surface area contributed by atoms with Gasteiger partial charge in [0.25, 0.3) is 5.91 Å². The number of halogens is 1. The smallest absolute Gasteiger partial charge is 0.264 e. The van der Waals surface area contributed by atoms with Gasteiger partial charge in [-0.25, -0.2) is 0 Å². The van der Waals surface area contributed by atoms with Crippen LogP contribution in [-0.2, 0) is 16.0 Å². The summed E-state index contributed by atoms with van der Waals surface area (Å²) in [5, 5.41) is 12.8. The third-order valence-electron chi connectivity index (χ3n) is 4.97. The van der Waals surface area contributed by atoms with E-state index in [0.29, 0.717) is 22.2 Å². The number of thioether (sulfide) groups is 1. The molecule has 3 rings (SSSR count). The molecule has 0 radical (unpaired) electrons. The van der Waals surface area contributed by atoms with E-state index >= 15 is 0 Å². The summed E-state index contributed by atoms with van der Waals surface area (Å²) in [7, 11) is 0. The monoisotopic (exact) mass is 451 g/mol. The highest BCUT2D eigenvalue weighted by molar-refractivity contribution is 8.05. The molecule has 1 atom stereocenters. The second-order valence-electron chi connectivity index (χ2n) is 7.17. The van der Waals surface area contributed by atoms with Crippen LogP contribution in [0.3, 0.4) is 0 Å². The largest absolute Gasteiger partial charge is 0.348 e. The van der Waals surface area contributed by atoms with Crippen LogP contribution in [0.25, 0.3) is 0 Å². The second kappa shape index (κ2) is 9.86. The Morgan fingerprint density at radius 1 is 1.29 bits per heavy atom. The molecule has 0 saturated carbocycles. The highest BCUT2D eigenvalue weighted by Crippen LogP contribution is 2.42. The van der Waals surface area contributed by atoms with Gasteiger partial charge in [-0.05, 0) is 61.2 Å². The Kier molecular flexibility index (Phi) is 7.21. The fourth-order valence-corrected chi connectivity index (χ4v) is 4.74. The summed E-state index contributed by atoms with van der Waals surface area (Å²) in [5.74, 6) is -0.706. The van der Waals surface area contributed by atoms with Crippen LogP contribution in [0.15, 0.2) is 65.7 Å². The predicted octanol–water partition coefficient (Wildman–Crippen LogP) is 4.69. The zero-order chi connectivity index (χ0) is 22.5. The van der Waals surface area contributed by atoms with Crippen molar-refractivity contribution in [2.45, 2.75) is 25.5 Å². The first-order valence-corrected chi connectivity index (χ1v) is 11.0. The third kappa shape index (κ3) is 5.01. The van der Waals surface area contributed by atoms with Crippen LogP contribution < -0.4 is 10.2 Å². The van der Waals surface area contributed by atoms with Gasteiger partial charge in [0.15, 0.2) is 0 Å². The number of carbonyl (C=O) groups is 2. The van der Waals surface area contributed by atoms with Crippen molar-refractivity contribution in [2.75, 3.05) is 11.4 Å². The Balaban J connectivity index is 2.06. The molecule has 2 aromatic rings. The van der Waals surface area contributed by atoms with Crippen molar-refractivity contribution < 1.29 is 9.59 Å². The number of hydrogen-bond donors (Lipinski definition) is 1. The fraction of sp³-hybridized carbons (Fsp3) is 0.208. The molecule has 2 aromatic carbocycles. The van der Waals surface area contributed by atoms with Gasteiger partial charge in [-0.1, -0.05) is 47.6 Å². The molecule has 31 heavy (non-hydrogen) atoms. The van der Waals surface area contributed by atoms with Crippen molar-refractivity contribution in [3.05, 3.63) is 87.4 Å². The van der Waals surface area contributed by atoms with Crippen LogP contribution in [0, 0.1) is 25.2 Å². The van der Waals surface area contributed by atoms with Gasteiger partial charge >= 0.3 is 0 Å². The molecule has 0 spiro atoms. The number of benzene rings is 2. The molecule has 158 valence electrons. The quantitative estimate of drug-likeness (QED) is 0.393. The van der Waals surface area contributed by atoms with Crippen molar-refractivity contribution in [3.63, 3.8) is 0 Å². The maximum Gasteiger partial charge on any atom is 0.264 e. The molecule has 5 nitrogen and oxygen atoms in total. The fourth-order valence-electron chi connectivity index (χ4n) is 3.22. The summed E-state index contributed by atoms with van der Waals surface area (Å²) < 4.78 is 0. The molecule has 2 amide bonds. The van der Waals surface area contributed by atoms with E-state index in [2.05, 4.69) is 11.9 Å². The standard InChI is InChI=1S/C24H22ClN3O2S/c1-4-10-27-22(29)20(14-26)24-28(19-9-8-15(2)16(3)11-19)23(30)21(31-24)13-17-6-5-7-18(25)12-17/h4-9,11-12,21H,1,10,13H2,2-3H3,(H,27,29)/b24-20-. The van der Waals surface area contributed by atoms with E-state index in [0.717, 1.165) is 16.7 Å². The Morgan fingerprint density at radius 2 is 2.06 bits per heavy atom. The molecule has 0 aliphatic carbocycles. The molecule has 1 aliphatic heterocycles. The topological polar surface area (TPSA) is 73.2 Å². The lowest BCUT2D eigenvalue weighted by molar-refractivity contribution is -0.117. The van der Waals surface area contributed by atoms with Gasteiger partial charge in [0, 0.05) is 17.3 Å². The van der Waals surface area contributed by atoms with E-state index in [9.17, 15) is 14.9 Å². The summed E-state index contributed by atoms with van der Waals surface area (Å²) in [6, 6.07) is 15.0. The van der Waals surface area contributed by atoms with E-state index in [-0.39, 0.29) is 18.0 Å². The first-order chi connectivity index (χ1) is 14.8. The van der Waals surface area contributed by atoms with Crippen molar-refractivity contribution in [1.82, 2.24) is 5.32 Å². The van der Waals surface area contributed by atoms with Crippen molar-refractivity contribution in [3.8, 4) is 6.07 Å². The van der Waals surface area contributed by atoms with Gasteiger partial charge in [-0.3, -0.25) is 14.5 Å². The maximum absolute atomic E-state index is 13.4. The predicted molar refractivity (Wildman–Crippen MR) is 126 cm³/mol. The van der Waals surface area contributed by atoms with Gasteiger partial charge in [0.1, 0.15) is 16.7 Å². The Bertz CT molecular complexity index is 1120. The van der Waals surface area contributed by atoms with Crippen LogP contribution in [0.4, 0.5) is 5.69 Å². The Hall–Kier alpha value is -3.01. The molecule has 1 N–H and O–H groups in total. The molecule has 1 heterocycles. The number of carbonyl (C=O) groups excluding carboxylic acids is 2. The summed E-state index contributed by atoms with van der Waals surface area (Å²) in [6.07, 6.45) is 1.97. The van der Waals surface area contributed by atoms with Crippen LogP contribution in [0.2, 0.25) is 5.02 Å². The number of anilines is 1. The first-order valence-electron chi connectivity index (χ1n) is 9.71. The highest BCUT2D eigenvalue weighted by atomic mass is 35.5. The number of rotatable bonds is 6. The van der Waals surface area contributed by atoms with E-state index < -0.39 is 11.2 Å². The number of amides is 2. The molecule has 1 saturated heterocycles. The van der Waals surface area contributed by atoms with Gasteiger partial charge in [-0.2, -0.15) is 5.26 Å². The number of nitrogens with zero attached hydrogens (tertiary/aromatic N) is 2. The summed E-state index contributed by atoms with van der Waals surface area (Å²) in [5.41, 5.74) is 3.56. The summed E-state index contributed by atoms with van der Waals surface area (Å²) in [6.45, 7) is 7.75. The lowest BCUT2D eigenvalue weighted by Crippen LogP contribution is -2.32. The SMILES string of the molecule is C=CCNC(=O)/C(C#N)=C1\SC(Cc2cccc(Cl)c2)C(=O)N1c1ccc(C)c(C)c1. The van der Waals surface area contributed by atoms with Crippen LogP contribution in [0.1, 0.15) is 16.7 Å². The molecule has 0 aromatic heterocycles. The summed E-state index contributed by atoms with van der Waals surface area (Å²) >= 11 is 7.33. The average molecular weight is 452 g/mol. The number of nitrogens with one attached hydrogen (secondary N) is 1. The van der Waals surface area contributed by atoms with Gasteiger partial charge in [0.2, 0.25) is 5.91 Å². The molecule has 1 fully saturated rings. The molecular weight excluding hydrogens is 430 g/mol. The number of aryl methyl sites for hydroxylation is 2. The average Bonchev–Trinajstić information content (AvgIpc) is 3.05. The molecule has 7 heteroatoms. The second-order valence-corrected chi connectivity index (χ2v) is 8.80. The van der Waals surface area contributed by atoms with Gasteiger partial charge < -0.3 is 5.32 Å². The third-order valence-corrected chi connectivity index (χ3v) is 6.47. The molecule has 1 unspecified atom stereocenters. The maximum atomic E-state index is 13.4. The highest BCUT2D eigenvalue weighted by Gasteiger charge is 2.40. The van der Waals surface area contributed by atoms with Crippen LogP contribution in [-0.4, -0.2) is 23.6 Å². The van der Waals surface area contributed by atoms with Gasteiger partial charge in [0.05, 0.1) is 5.25 Å². The minimum atomic E-state index is -0.532. The molecule has 1 aliphatic rings. The van der Waals surface area contributed by atoms with Crippen molar-refractivity contribution in [2.24, 2.45) is 0 Å². The molecule has 0 bridgehead atoms. The Morgan fingerprint density at radius 3 is 2.71 bits per heavy atom. The normalized spacial score (nSPS) is 17.3. The van der Waals surface area contributed by atoms with Crippen molar-refractivity contribution in [1.29, 1.82) is 5.26 Å². The first kappa shape index (κ1) is 22.7. The van der Waals surface area contributed by atoms with Crippen molar-refractivity contribution >= 4 is 40.9 Å². The lowest BCUT2D eigenvalue weighted by Gasteiger charge is -2.19.